The van der Waals surface area contributed by atoms with Crippen molar-refractivity contribution in [1.29, 1.82) is 0 Å². The van der Waals surface area contributed by atoms with Crippen LogP contribution < -0.4 is 10.1 Å². The number of hydrogen-bond acceptors (Lipinski definition) is 2. The number of benzene rings is 1. The molecule has 3 nitrogen and oxygen atoms in total. The molecule has 1 unspecified atom stereocenters. The number of aryl methyl sites for hydroxylation is 1. The third kappa shape index (κ3) is 2.34. The fourth-order valence-electron chi connectivity index (χ4n) is 2.06. The van der Waals surface area contributed by atoms with Crippen molar-refractivity contribution >= 4 is 0 Å². The van der Waals surface area contributed by atoms with Crippen molar-refractivity contribution in [2.75, 3.05) is 14.2 Å². The largest absolute Gasteiger partial charge is 0.496 e. The molecule has 17 heavy (non-hydrogen) atoms. The van der Waals surface area contributed by atoms with Gasteiger partial charge in [0.1, 0.15) is 5.75 Å². The second-order valence-electron chi connectivity index (χ2n) is 4.09. The van der Waals surface area contributed by atoms with Crippen LogP contribution in [0.15, 0.2) is 36.5 Å². The third-order valence-corrected chi connectivity index (χ3v) is 2.92. The Kier molecular flexibility index (Phi) is 3.49. The second-order valence-corrected chi connectivity index (χ2v) is 4.09. The lowest BCUT2D eigenvalue weighted by Crippen LogP contribution is -2.18. The molecule has 1 heterocycles. The van der Waals surface area contributed by atoms with Crippen LogP contribution in [0, 0.1) is 6.92 Å². The summed E-state index contributed by atoms with van der Waals surface area (Å²) in [5.74, 6) is 0.916. The van der Waals surface area contributed by atoms with E-state index in [1.54, 1.807) is 7.11 Å². The molecule has 0 saturated carbocycles. The Hall–Kier alpha value is -1.74. The fraction of sp³-hybridized carbons (Fsp3) is 0.286. The van der Waals surface area contributed by atoms with Gasteiger partial charge in [0.25, 0.3) is 0 Å². The first-order valence-electron chi connectivity index (χ1n) is 5.71. The molecule has 1 aromatic carbocycles. The van der Waals surface area contributed by atoms with Crippen molar-refractivity contribution in [3.8, 4) is 5.75 Å². The van der Waals surface area contributed by atoms with E-state index >= 15 is 0 Å². The highest BCUT2D eigenvalue weighted by Crippen LogP contribution is 2.29. The summed E-state index contributed by atoms with van der Waals surface area (Å²) in [6.07, 6.45) is 1.93. The van der Waals surface area contributed by atoms with Crippen LogP contribution in [0.2, 0.25) is 0 Å². The smallest absolute Gasteiger partial charge is 0.124 e. The molecule has 1 atom stereocenters. The quantitative estimate of drug-likeness (QED) is 0.847. The molecule has 2 rings (SSSR count). The molecule has 90 valence electrons. The highest BCUT2D eigenvalue weighted by Gasteiger charge is 2.16. The van der Waals surface area contributed by atoms with Gasteiger partial charge < -0.3 is 15.0 Å². The van der Waals surface area contributed by atoms with Crippen molar-refractivity contribution in [1.82, 2.24) is 10.3 Å². The van der Waals surface area contributed by atoms with Gasteiger partial charge in [0.15, 0.2) is 0 Å². The van der Waals surface area contributed by atoms with E-state index < -0.39 is 0 Å². The highest BCUT2D eigenvalue weighted by molar-refractivity contribution is 5.42. The minimum absolute atomic E-state index is 0.126. The zero-order valence-electron chi connectivity index (χ0n) is 10.4. The summed E-state index contributed by atoms with van der Waals surface area (Å²) in [6, 6.07) is 10.5. The molecular formula is C14H18N2O. The number of rotatable bonds is 4. The van der Waals surface area contributed by atoms with E-state index in [2.05, 4.69) is 41.5 Å². The first kappa shape index (κ1) is 11.7. The maximum Gasteiger partial charge on any atom is 0.124 e. The molecule has 0 aliphatic heterocycles. The Balaban J connectivity index is 2.44. The van der Waals surface area contributed by atoms with Gasteiger partial charge in [-0.2, -0.15) is 0 Å². The lowest BCUT2D eigenvalue weighted by Gasteiger charge is -2.18. The Morgan fingerprint density at radius 3 is 2.71 bits per heavy atom. The van der Waals surface area contributed by atoms with Gasteiger partial charge in [-0.15, -0.1) is 0 Å². The van der Waals surface area contributed by atoms with E-state index in [1.807, 2.05) is 19.3 Å². The molecule has 0 amide bonds. The van der Waals surface area contributed by atoms with E-state index in [9.17, 15) is 0 Å². The Morgan fingerprint density at radius 2 is 2.12 bits per heavy atom. The van der Waals surface area contributed by atoms with Crippen molar-refractivity contribution in [3.05, 3.63) is 53.3 Å². The number of H-pyrrole nitrogens is 1. The van der Waals surface area contributed by atoms with Crippen LogP contribution >= 0.6 is 0 Å². The van der Waals surface area contributed by atoms with Gasteiger partial charge in [-0.05, 0) is 37.7 Å². The van der Waals surface area contributed by atoms with Crippen molar-refractivity contribution in [2.24, 2.45) is 0 Å². The maximum absolute atomic E-state index is 5.45. The summed E-state index contributed by atoms with van der Waals surface area (Å²) in [4.78, 5) is 3.23. The average Bonchev–Trinajstić information content (AvgIpc) is 2.85. The summed E-state index contributed by atoms with van der Waals surface area (Å²) >= 11 is 0. The Labute approximate surface area is 102 Å². The van der Waals surface area contributed by atoms with Gasteiger partial charge in [0.05, 0.1) is 13.2 Å². The van der Waals surface area contributed by atoms with Crippen LogP contribution in [0.1, 0.15) is 22.9 Å². The molecular weight excluding hydrogens is 212 g/mol. The van der Waals surface area contributed by atoms with Crippen LogP contribution in [0.25, 0.3) is 0 Å². The molecule has 3 heteroatoms. The normalized spacial score (nSPS) is 12.4. The number of hydrogen-bond donors (Lipinski definition) is 2. The zero-order valence-corrected chi connectivity index (χ0v) is 10.4. The van der Waals surface area contributed by atoms with E-state index in [0.717, 1.165) is 17.0 Å². The Morgan fingerprint density at radius 1 is 1.29 bits per heavy atom. The fourth-order valence-corrected chi connectivity index (χ4v) is 2.06. The van der Waals surface area contributed by atoms with Gasteiger partial charge in [-0.3, -0.25) is 0 Å². The summed E-state index contributed by atoms with van der Waals surface area (Å²) in [6.45, 7) is 2.06. The first-order chi connectivity index (χ1) is 8.26. The number of aromatic amines is 1. The van der Waals surface area contributed by atoms with E-state index in [-0.39, 0.29) is 6.04 Å². The first-order valence-corrected chi connectivity index (χ1v) is 5.71. The molecule has 2 aromatic rings. The molecule has 0 saturated heterocycles. The van der Waals surface area contributed by atoms with Crippen molar-refractivity contribution in [2.45, 2.75) is 13.0 Å². The predicted molar refractivity (Wildman–Crippen MR) is 69.4 cm³/mol. The molecule has 0 aliphatic carbocycles. The lowest BCUT2D eigenvalue weighted by molar-refractivity contribution is 0.404. The van der Waals surface area contributed by atoms with Gasteiger partial charge in [0, 0.05) is 17.5 Å². The third-order valence-electron chi connectivity index (χ3n) is 2.92. The number of methoxy groups -OCH3 is 1. The van der Waals surface area contributed by atoms with Crippen molar-refractivity contribution < 1.29 is 4.74 Å². The monoisotopic (exact) mass is 230 g/mol. The van der Waals surface area contributed by atoms with Gasteiger partial charge in [-0.1, -0.05) is 12.1 Å². The molecule has 0 bridgehead atoms. The van der Waals surface area contributed by atoms with Gasteiger partial charge in [-0.25, -0.2) is 0 Å². The molecule has 1 aromatic heterocycles. The molecule has 0 radical (unpaired) electrons. The van der Waals surface area contributed by atoms with Crippen LogP contribution in [0.4, 0.5) is 0 Å². The van der Waals surface area contributed by atoms with E-state index in [0.29, 0.717) is 0 Å². The average molecular weight is 230 g/mol. The van der Waals surface area contributed by atoms with Gasteiger partial charge >= 0.3 is 0 Å². The lowest BCUT2D eigenvalue weighted by atomic mass is 10.0. The molecule has 2 N–H and O–H groups in total. The zero-order chi connectivity index (χ0) is 12.3. The van der Waals surface area contributed by atoms with Crippen LogP contribution in [-0.2, 0) is 0 Å². The summed E-state index contributed by atoms with van der Waals surface area (Å²) < 4.78 is 5.45. The van der Waals surface area contributed by atoms with E-state index in [1.165, 1.54) is 5.56 Å². The highest BCUT2D eigenvalue weighted by atomic mass is 16.5. The van der Waals surface area contributed by atoms with E-state index in [4.69, 9.17) is 4.74 Å². The van der Waals surface area contributed by atoms with Crippen LogP contribution in [-0.4, -0.2) is 19.1 Å². The summed E-state index contributed by atoms with van der Waals surface area (Å²) in [5, 5.41) is 3.30. The SMILES string of the molecule is CNC(c1ccc[nH]1)c1ccc(C)cc1OC. The molecule has 0 spiro atoms. The number of ether oxygens (including phenoxy) is 1. The predicted octanol–water partition coefficient (Wildman–Crippen LogP) is 2.64. The summed E-state index contributed by atoms with van der Waals surface area (Å²) in [7, 11) is 3.66. The second kappa shape index (κ2) is 5.06. The van der Waals surface area contributed by atoms with Gasteiger partial charge in [0.2, 0.25) is 0 Å². The molecule has 0 fully saturated rings. The molecule has 0 aliphatic rings. The standard InChI is InChI=1S/C14H18N2O/c1-10-6-7-11(13(9-10)17-3)14(15-2)12-5-4-8-16-12/h4-9,14-16H,1-3H3. The van der Waals surface area contributed by atoms with Crippen LogP contribution in [0.5, 0.6) is 5.75 Å². The summed E-state index contributed by atoms with van der Waals surface area (Å²) in [5.41, 5.74) is 3.48. The van der Waals surface area contributed by atoms with Crippen molar-refractivity contribution in [3.63, 3.8) is 0 Å². The Bertz CT molecular complexity index is 477. The maximum atomic E-state index is 5.45. The number of aromatic nitrogens is 1. The van der Waals surface area contributed by atoms with Crippen LogP contribution in [0.3, 0.4) is 0 Å². The minimum atomic E-state index is 0.126. The number of nitrogens with one attached hydrogen (secondary N) is 2. The topological polar surface area (TPSA) is 37.0 Å². The minimum Gasteiger partial charge on any atom is -0.496 e.